The van der Waals surface area contributed by atoms with Gasteiger partial charge >= 0.3 is 0 Å². The molecule has 0 bridgehead atoms. The topological polar surface area (TPSA) is 9.23 Å². The second-order valence-electron chi connectivity index (χ2n) is 4.80. The van der Waals surface area contributed by atoms with Crippen LogP contribution in [-0.2, 0) is 18.9 Å². The van der Waals surface area contributed by atoms with E-state index in [-0.39, 0.29) is 0 Å². The number of alkyl halides is 1. The van der Waals surface area contributed by atoms with Crippen molar-refractivity contribution in [3.05, 3.63) is 63.1 Å². The number of benzene rings is 2. The number of ether oxygens (including phenoxy) is 1. The van der Waals surface area contributed by atoms with Gasteiger partial charge in [-0.05, 0) is 42.2 Å². The van der Waals surface area contributed by atoms with E-state index >= 15 is 0 Å². The second kappa shape index (κ2) is 7.14. The van der Waals surface area contributed by atoms with E-state index in [1.165, 1.54) is 11.1 Å². The minimum atomic E-state index is 0.449. The van der Waals surface area contributed by atoms with Gasteiger partial charge in [-0.1, -0.05) is 47.1 Å². The maximum Gasteiger partial charge on any atom is 0.127 e. The molecular formula is C17H18BrClO. The zero-order chi connectivity index (χ0) is 14.5. The highest BCUT2D eigenvalue weighted by Crippen LogP contribution is 2.30. The zero-order valence-electron chi connectivity index (χ0n) is 11.7. The summed E-state index contributed by atoms with van der Waals surface area (Å²) in [7, 11) is 0. The van der Waals surface area contributed by atoms with Crippen molar-refractivity contribution in [1.82, 2.24) is 0 Å². The third-order valence-corrected chi connectivity index (χ3v) is 4.02. The normalized spacial score (nSPS) is 10.6. The Morgan fingerprint density at radius 3 is 2.35 bits per heavy atom. The Bertz CT molecular complexity index is 578. The number of rotatable bonds is 5. The highest BCUT2D eigenvalue weighted by Gasteiger charge is 2.08. The van der Waals surface area contributed by atoms with Crippen LogP contribution in [0.4, 0.5) is 0 Å². The van der Waals surface area contributed by atoms with Crippen LogP contribution in [-0.4, -0.2) is 0 Å². The Morgan fingerprint density at radius 2 is 1.75 bits per heavy atom. The van der Waals surface area contributed by atoms with E-state index in [2.05, 4.69) is 47.1 Å². The van der Waals surface area contributed by atoms with Crippen LogP contribution < -0.4 is 4.74 Å². The molecule has 2 aromatic rings. The monoisotopic (exact) mass is 352 g/mol. The van der Waals surface area contributed by atoms with Gasteiger partial charge in [0.1, 0.15) is 12.4 Å². The van der Waals surface area contributed by atoms with Crippen molar-refractivity contribution >= 4 is 27.5 Å². The van der Waals surface area contributed by atoms with Gasteiger partial charge < -0.3 is 4.74 Å². The number of halogens is 2. The summed E-state index contributed by atoms with van der Waals surface area (Å²) in [5.41, 5.74) is 4.63. The Balaban J connectivity index is 2.13. The smallest absolute Gasteiger partial charge is 0.127 e. The molecule has 0 radical (unpaired) electrons. The maximum absolute atomic E-state index is 6.00. The molecule has 0 N–H and O–H groups in total. The fourth-order valence-electron chi connectivity index (χ4n) is 2.13. The van der Waals surface area contributed by atoms with Gasteiger partial charge in [0, 0.05) is 10.0 Å². The van der Waals surface area contributed by atoms with Crippen LogP contribution in [0, 0.1) is 6.92 Å². The van der Waals surface area contributed by atoms with Gasteiger partial charge in [0.25, 0.3) is 0 Å². The van der Waals surface area contributed by atoms with Gasteiger partial charge in [-0.3, -0.25) is 0 Å². The summed E-state index contributed by atoms with van der Waals surface area (Å²) in [6.45, 7) is 4.76. The van der Waals surface area contributed by atoms with Crippen molar-refractivity contribution in [3.8, 4) is 5.75 Å². The molecule has 0 aromatic heterocycles. The first-order valence-corrected chi connectivity index (χ1v) is 8.02. The summed E-state index contributed by atoms with van der Waals surface area (Å²) in [5, 5.41) is 0. The van der Waals surface area contributed by atoms with E-state index in [1.807, 2.05) is 19.1 Å². The molecule has 0 spiro atoms. The van der Waals surface area contributed by atoms with E-state index in [9.17, 15) is 0 Å². The minimum Gasteiger partial charge on any atom is -0.488 e. The van der Waals surface area contributed by atoms with E-state index in [1.54, 1.807) is 0 Å². The molecule has 2 aromatic carbocycles. The first-order chi connectivity index (χ1) is 9.63. The molecule has 0 fully saturated rings. The van der Waals surface area contributed by atoms with Crippen LogP contribution in [0.5, 0.6) is 5.75 Å². The standard InChI is InChI=1S/C17H18BrClO/c1-3-13-4-6-14(7-5-13)11-20-17-12(2)8-16(18)9-15(17)10-19/h4-9H,3,10-11H2,1-2H3. The zero-order valence-corrected chi connectivity index (χ0v) is 14.1. The van der Waals surface area contributed by atoms with Crippen LogP contribution >= 0.6 is 27.5 Å². The van der Waals surface area contributed by atoms with Crippen molar-refractivity contribution in [2.24, 2.45) is 0 Å². The van der Waals surface area contributed by atoms with Crippen molar-refractivity contribution in [3.63, 3.8) is 0 Å². The molecule has 1 nitrogen and oxygen atoms in total. The molecule has 0 saturated heterocycles. The third-order valence-electron chi connectivity index (χ3n) is 3.27. The SMILES string of the molecule is CCc1ccc(COc2c(C)cc(Br)cc2CCl)cc1. The molecule has 0 aliphatic rings. The minimum absolute atomic E-state index is 0.449. The first kappa shape index (κ1) is 15.4. The van der Waals surface area contributed by atoms with Crippen molar-refractivity contribution in [1.29, 1.82) is 0 Å². The van der Waals surface area contributed by atoms with Crippen LogP contribution in [0.1, 0.15) is 29.2 Å². The largest absolute Gasteiger partial charge is 0.488 e. The molecule has 3 heteroatoms. The van der Waals surface area contributed by atoms with E-state index in [0.29, 0.717) is 12.5 Å². The number of hydrogen-bond acceptors (Lipinski definition) is 1. The molecule has 0 heterocycles. The van der Waals surface area contributed by atoms with Gasteiger partial charge in [0.05, 0.1) is 5.88 Å². The lowest BCUT2D eigenvalue weighted by atomic mass is 10.1. The first-order valence-electron chi connectivity index (χ1n) is 6.69. The van der Waals surface area contributed by atoms with Gasteiger partial charge in [0.2, 0.25) is 0 Å². The third kappa shape index (κ3) is 3.77. The summed E-state index contributed by atoms with van der Waals surface area (Å²) >= 11 is 9.48. The number of aryl methyl sites for hydroxylation is 2. The fraction of sp³-hybridized carbons (Fsp3) is 0.294. The Labute approximate surface area is 134 Å². The predicted molar refractivity (Wildman–Crippen MR) is 88.6 cm³/mol. The molecule has 2 rings (SSSR count). The molecule has 0 aliphatic carbocycles. The average Bonchev–Trinajstić information content (AvgIpc) is 2.46. The highest BCUT2D eigenvalue weighted by molar-refractivity contribution is 9.10. The molecule has 106 valence electrons. The lowest BCUT2D eigenvalue weighted by molar-refractivity contribution is 0.301. The van der Waals surface area contributed by atoms with Gasteiger partial charge in [0.15, 0.2) is 0 Å². The summed E-state index contributed by atoms with van der Waals surface area (Å²) in [4.78, 5) is 0. The molecule has 0 amide bonds. The van der Waals surface area contributed by atoms with Crippen molar-refractivity contribution in [2.75, 3.05) is 0 Å². The van der Waals surface area contributed by atoms with Crippen LogP contribution in [0.2, 0.25) is 0 Å². The number of hydrogen-bond donors (Lipinski definition) is 0. The van der Waals surface area contributed by atoms with E-state index < -0.39 is 0 Å². The van der Waals surface area contributed by atoms with Crippen molar-refractivity contribution < 1.29 is 4.74 Å². The summed E-state index contributed by atoms with van der Waals surface area (Å²) < 4.78 is 7.00. The van der Waals surface area contributed by atoms with Gasteiger partial charge in [-0.25, -0.2) is 0 Å². The molecule has 0 atom stereocenters. The van der Waals surface area contributed by atoms with Crippen LogP contribution in [0.3, 0.4) is 0 Å². The molecule has 0 aliphatic heterocycles. The van der Waals surface area contributed by atoms with Crippen LogP contribution in [0.15, 0.2) is 40.9 Å². The lowest BCUT2D eigenvalue weighted by Crippen LogP contribution is -2.00. The summed E-state index contributed by atoms with van der Waals surface area (Å²) in [6.07, 6.45) is 1.06. The second-order valence-corrected chi connectivity index (χ2v) is 5.99. The molecule has 0 saturated carbocycles. The predicted octanol–water partition coefficient (Wildman–Crippen LogP) is 5.64. The Morgan fingerprint density at radius 1 is 1.10 bits per heavy atom. The molecule has 20 heavy (non-hydrogen) atoms. The molecular weight excluding hydrogens is 336 g/mol. The van der Waals surface area contributed by atoms with Crippen molar-refractivity contribution in [2.45, 2.75) is 32.8 Å². The maximum atomic E-state index is 6.00. The highest BCUT2D eigenvalue weighted by atomic mass is 79.9. The molecule has 0 unspecified atom stereocenters. The average molecular weight is 354 g/mol. The Hall–Kier alpha value is -0.990. The summed E-state index contributed by atoms with van der Waals surface area (Å²) in [6, 6.07) is 12.6. The fourth-order valence-corrected chi connectivity index (χ4v) is 2.95. The van der Waals surface area contributed by atoms with Gasteiger partial charge in [-0.15, -0.1) is 11.6 Å². The lowest BCUT2D eigenvalue weighted by Gasteiger charge is -2.14. The Kier molecular flexibility index (Phi) is 5.50. The van der Waals surface area contributed by atoms with Gasteiger partial charge in [-0.2, -0.15) is 0 Å². The van der Waals surface area contributed by atoms with E-state index in [4.69, 9.17) is 16.3 Å². The van der Waals surface area contributed by atoms with E-state index in [0.717, 1.165) is 27.8 Å². The van der Waals surface area contributed by atoms with Crippen LogP contribution in [0.25, 0.3) is 0 Å². The quantitative estimate of drug-likeness (QED) is 0.632. The summed E-state index contributed by atoms with van der Waals surface area (Å²) in [5.74, 6) is 1.34.